The van der Waals surface area contributed by atoms with E-state index >= 15 is 0 Å². The maximum absolute atomic E-state index is 13.0. The van der Waals surface area contributed by atoms with Crippen LogP contribution >= 0.6 is 0 Å². The van der Waals surface area contributed by atoms with Gasteiger partial charge in [-0.1, -0.05) is 29.8 Å². The fourth-order valence-corrected chi connectivity index (χ4v) is 5.70. The Morgan fingerprint density at radius 1 is 1.06 bits per heavy atom. The zero-order chi connectivity index (χ0) is 22.3. The Balaban J connectivity index is 1.46. The molecule has 9 heteroatoms. The Bertz CT molecular complexity index is 1280. The molecule has 0 spiro atoms. The van der Waals surface area contributed by atoms with Crippen molar-refractivity contribution < 1.29 is 22.7 Å². The summed E-state index contributed by atoms with van der Waals surface area (Å²) in [6.07, 6.45) is 0.478. The van der Waals surface area contributed by atoms with Gasteiger partial charge in [-0.25, -0.2) is 8.42 Å². The molecule has 1 fully saturated rings. The van der Waals surface area contributed by atoms with E-state index in [-0.39, 0.29) is 29.1 Å². The highest BCUT2D eigenvalue weighted by Crippen LogP contribution is 2.33. The third-order valence-electron chi connectivity index (χ3n) is 5.67. The average molecular weight is 454 g/mol. The van der Waals surface area contributed by atoms with Crippen LogP contribution in [0.2, 0.25) is 0 Å². The quantitative estimate of drug-likeness (QED) is 0.651. The molecule has 166 valence electrons. The molecule has 3 aromatic rings. The fraction of sp³-hybridized carbons (Fsp3) is 0.304. The summed E-state index contributed by atoms with van der Waals surface area (Å²) < 4.78 is 36.9. The van der Waals surface area contributed by atoms with Gasteiger partial charge in [0.2, 0.25) is 0 Å². The van der Waals surface area contributed by atoms with Crippen molar-refractivity contribution in [2.24, 2.45) is 0 Å². The van der Waals surface area contributed by atoms with Gasteiger partial charge in [0.25, 0.3) is 5.91 Å². The van der Waals surface area contributed by atoms with Crippen LogP contribution in [0.15, 0.2) is 48.5 Å². The first-order valence-corrected chi connectivity index (χ1v) is 12.3. The van der Waals surface area contributed by atoms with E-state index in [0.29, 0.717) is 36.8 Å². The van der Waals surface area contributed by atoms with Crippen molar-refractivity contribution >= 4 is 21.4 Å². The van der Waals surface area contributed by atoms with Crippen molar-refractivity contribution in [3.05, 3.63) is 59.8 Å². The van der Waals surface area contributed by atoms with Crippen LogP contribution in [-0.2, 0) is 9.84 Å². The minimum Gasteiger partial charge on any atom is -0.486 e. The summed E-state index contributed by atoms with van der Waals surface area (Å²) in [4.78, 5) is 13.0. The van der Waals surface area contributed by atoms with Crippen LogP contribution in [-0.4, -0.2) is 48.8 Å². The number of carbonyl (C=O) groups is 1. The number of sulfone groups is 1. The number of nitrogens with zero attached hydrogens (tertiary/aromatic N) is 2. The molecule has 1 N–H and O–H groups in total. The number of amides is 1. The highest BCUT2D eigenvalue weighted by Gasteiger charge is 2.32. The van der Waals surface area contributed by atoms with Gasteiger partial charge in [0, 0.05) is 11.8 Å². The van der Waals surface area contributed by atoms with Crippen LogP contribution in [0, 0.1) is 6.92 Å². The molecule has 2 aliphatic rings. The van der Waals surface area contributed by atoms with Gasteiger partial charge in [0.15, 0.2) is 27.0 Å². The van der Waals surface area contributed by atoms with Gasteiger partial charge >= 0.3 is 0 Å². The van der Waals surface area contributed by atoms with E-state index < -0.39 is 9.84 Å². The van der Waals surface area contributed by atoms with Gasteiger partial charge in [-0.3, -0.25) is 9.48 Å². The number of fused-ring (bicyclic) bond motifs is 1. The molecule has 0 radical (unpaired) electrons. The van der Waals surface area contributed by atoms with Gasteiger partial charge < -0.3 is 14.8 Å². The minimum absolute atomic E-state index is 0.0246. The maximum Gasteiger partial charge on any atom is 0.276 e. The zero-order valence-electron chi connectivity index (χ0n) is 17.6. The number of benzene rings is 2. The normalized spacial score (nSPS) is 19.0. The Hall–Kier alpha value is -3.33. The zero-order valence-corrected chi connectivity index (χ0v) is 18.4. The minimum atomic E-state index is -3.10. The van der Waals surface area contributed by atoms with E-state index in [1.807, 2.05) is 31.2 Å². The number of aryl methyl sites for hydroxylation is 1. The molecular formula is C23H23N3O5S. The Labute approximate surface area is 186 Å². The molecule has 32 heavy (non-hydrogen) atoms. The van der Waals surface area contributed by atoms with Gasteiger partial charge in [0.05, 0.1) is 23.2 Å². The highest BCUT2D eigenvalue weighted by molar-refractivity contribution is 7.91. The number of rotatable bonds is 4. The van der Waals surface area contributed by atoms with E-state index in [0.717, 1.165) is 16.8 Å². The van der Waals surface area contributed by atoms with Gasteiger partial charge in [-0.2, -0.15) is 5.10 Å². The molecule has 1 atom stereocenters. The summed E-state index contributed by atoms with van der Waals surface area (Å²) in [6, 6.07) is 14.5. The van der Waals surface area contributed by atoms with Crippen molar-refractivity contribution in [2.45, 2.75) is 19.4 Å². The number of nitrogens with one attached hydrogen (secondary N) is 1. The molecular weight excluding hydrogens is 430 g/mol. The smallest absolute Gasteiger partial charge is 0.276 e. The molecule has 0 bridgehead atoms. The summed E-state index contributed by atoms with van der Waals surface area (Å²) in [5, 5.41) is 7.37. The second kappa shape index (κ2) is 7.98. The lowest BCUT2D eigenvalue weighted by molar-refractivity contribution is 0.102. The first-order chi connectivity index (χ1) is 15.4. The number of ether oxygens (including phenoxy) is 2. The molecule has 2 aliphatic heterocycles. The Morgan fingerprint density at radius 3 is 2.53 bits per heavy atom. The van der Waals surface area contributed by atoms with Crippen LogP contribution in [0.25, 0.3) is 11.3 Å². The first kappa shape index (κ1) is 20.6. The van der Waals surface area contributed by atoms with Crippen LogP contribution in [0.3, 0.4) is 0 Å². The number of hydrogen-bond donors (Lipinski definition) is 1. The topological polar surface area (TPSA) is 99.5 Å². The molecule has 1 saturated heterocycles. The monoisotopic (exact) mass is 453 g/mol. The predicted molar refractivity (Wildman–Crippen MR) is 120 cm³/mol. The number of anilines is 1. The molecule has 2 aromatic carbocycles. The van der Waals surface area contributed by atoms with E-state index in [1.54, 1.807) is 28.9 Å². The summed E-state index contributed by atoms with van der Waals surface area (Å²) in [6.45, 7) is 2.95. The van der Waals surface area contributed by atoms with Gasteiger partial charge in [-0.05, 0) is 37.1 Å². The predicted octanol–water partition coefficient (Wildman–Crippen LogP) is 3.24. The second-order valence-electron chi connectivity index (χ2n) is 8.09. The maximum atomic E-state index is 13.0. The summed E-state index contributed by atoms with van der Waals surface area (Å²) >= 11 is 0. The molecule has 1 aromatic heterocycles. The number of aromatic nitrogens is 2. The number of carbonyl (C=O) groups excluding carboxylic acids is 1. The third kappa shape index (κ3) is 4.08. The third-order valence-corrected chi connectivity index (χ3v) is 7.42. The van der Waals surface area contributed by atoms with E-state index in [4.69, 9.17) is 9.47 Å². The van der Waals surface area contributed by atoms with Crippen LogP contribution in [0.4, 0.5) is 5.69 Å². The molecule has 0 saturated carbocycles. The summed E-state index contributed by atoms with van der Waals surface area (Å²) in [5.41, 5.74) is 3.50. The van der Waals surface area contributed by atoms with Gasteiger partial charge in [-0.15, -0.1) is 0 Å². The molecule has 0 aliphatic carbocycles. The van der Waals surface area contributed by atoms with Crippen molar-refractivity contribution in [3.63, 3.8) is 0 Å². The fourth-order valence-electron chi connectivity index (χ4n) is 4.01. The van der Waals surface area contributed by atoms with Crippen molar-refractivity contribution in [3.8, 4) is 22.8 Å². The Morgan fingerprint density at radius 2 is 1.81 bits per heavy atom. The van der Waals surface area contributed by atoms with E-state index in [2.05, 4.69) is 10.4 Å². The molecule has 5 rings (SSSR count). The average Bonchev–Trinajstić information content (AvgIpc) is 3.37. The van der Waals surface area contributed by atoms with Gasteiger partial charge in [0.1, 0.15) is 13.2 Å². The lowest BCUT2D eigenvalue weighted by Gasteiger charge is -2.18. The van der Waals surface area contributed by atoms with E-state index in [1.165, 1.54) is 0 Å². The molecule has 8 nitrogen and oxygen atoms in total. The number of hydrogen-bond acceptors (Lipinski definition) is 6. The lowest BCUT2D eigenvalue weighted by Crippen LogP contribution is -2.17. The van der Waals surface area contributed by atoms with E-state index in [9.17, 15) is 13.2 Å². The molecule has 3 heterocycles. The van der Waals surface area contributed by atoms with Crippen LogP contribution < -0.4 is 14.8 Å². The summed E-state index contributed by atoms with van der Waals surface area (Å²) in [5.74, 6) is 0.994. The highest BCUT2D eigenvalue weighted by atomic mass is 32.2. The van der Waals surface area contributed by atoms with Crippen molar-refractivity contribution in [1.29, 1.82) is 0 Å². The summed E-state index contributed by atoms with van der Waals surface area (Å²) in [7, 11) is -3.10. The van der Waals surface area contributed by atoms with Crippen molar-refractivity contribution in [2.75, 3.05) is 30.0 Å². The lowest BCUT2D eigenvalue weighted by atomic mass is 10.1. The second-order valence-corrected chi connectivity index (χ2v) is 10.3. The van der Waals surface area contributed by atoms with Crippen LogP contribution in [0.1, 0.15) is 28.5 Å². The standard InChI is InChI=1S/C23H23N3O5S/c1-15-2-4-16(5-3-15)20-13-19(25-26(20)18-8-11-32(28,29)14-18)23(27)24-17-6-7-21-22(12-17)31-10-9-30-21/h2-7,12-13,18H,8-11,14H2,1H3,(H,24,27). The molecule has 1 unspecified atom stereocenters. The van der Waals surface area contributed by atoms with Crippen LogP contribution in [0.5, 0.6) is 11.5 Å². The Kier molecular flexibility index (Phi) is 5.13. The SMILES string of the molecule is Cc1ccc(-c2cc(C(=O)Nc3ccc4c(c3)OCCO4)nn2C2CCS(=O)(=O)C2)cc1. The first-order valence-electron chi connectivity index (χ1n) is 10.5. The molecule has 1 amide bonds. The van der Waals surface area contributed by atoms with Crippen molar-refractivity contribution in [1.82, 2.24) is 9.78 Å². The largest absolute Gasteiger partial charge is 0.486 e.